The number of anilines is 1. The van der Waals surface area contributed by atoms with Gasteiger partial charge in [-0.3, -0.25) is 9.48 Å². The summed E-state index contributed by atoms with van der Waals surface area (Å²) in [6.07, 6.45) is 2.01. The van der Waals surface area contributed by atoms with Gasteiger partial charge in [0.2, 0.25) is 0 Å². The number of aromatic nitrogens is 3. The van der Waals surface area contributed by atoms with Gasteiger partial charge in [0, 0.05) is 42.2 Å². The third-order valence-corrected chi connectivity index (χ3v) is 5.47. The van der Waals surface area contributed by atoms with Crippen molar-refractivity contribution in [3.63, 3.8) is 0 Å². The van der Waals surface area contributed by atoms with Gasteiger partial charge in [-0.1, -0.05) is 24.0 Å². The predicted molar refractivity (Wildman–Crippen MR) is 111 cm³/mol. The summed E-state index contributed by atoms with van der Waals surface area (Å²) in [6, 6.07) is 13.2. The first-order valence-corrected chi connectivity index (χ1v) is 9.99. The number of aromatic amines is 1. The van der Waals surface area contributed by atoms with Crippen molar-refractivity contribution in [1.29, 1.82) is 0 Å². The highest BCUT2D eigenvalue weighted by Gasteiger charge is 2.18. The fourth-order valence-corrected chi connectivity index (χ4v) is 3.70. The largest absolute Gasteiger partial charge is 0.488 e. The van der Waals surface area contributed by atoms with Crippen LogP contribution in [-0.4, -0.2) is 39.9 Å². The van der Waals surface area contributed by atoms with Crippen LogP contribution in [0.2, 0.25) is 0 Å². The quantitative estimate of drug-likeness (QED) is 0.538. The van der Waals surface area contributed by atoms with Gasteiger partial charge in [0.25, 0.3) is 5.91 Å². The molecule has 0 spiro atoms. The standard InChI is InChI=1S/C19H19N5O2S2/c1-24-9-8-16(23-24)21-19(25)18-15(6-7-17(27)22-18)28-14-4-2-12(3-5-14)26-13-10-20-11-13/h2-9,13,20H,10-11H2,1H3,(H,22,27)(H,21,23,25). The Labute approximate surface area is 171 Å². The van der Waals surface area contributed by atoms with Crippen molar-refractivity contribution in [2.45, 2.75) is 15.9 Å². The molecular formula is C19H19N5O2S2. The molecule has 1 aromatic carbocycles. The molecule has 1 saturated heterocycles. The van der Waals surface area contributed by atoms with E-state index in [-0.39, 0.29) is 12.0 Å². The number of nitrogens with one attached hydrogen (secondary N) is 3. The number of carbonyl (C=O) groups is 1. The topological polar surface area (TPSA) is 84.0 Å². The molecule has 1 aliphatic rings. The van der Waals surface area contributed by atoms with Crippen molar-refractivity contribution in [3.8, 4) is 5.75 Å². The van der Waals surface area contributed by atoms with E-state index < -0.39 is 0 Å². The van der Waals surface area contributed by atoms with Gasteiger partial charge in [0.1, 0.15) is 22.2 Å². The van der Waals surface area contributed by atoms with E-state index in [1.165, 1.54) is 11.8 Å². The summed E-state index contributed by atoms with van der Waals surface area (Å²) < 4.78 is 7.96. The van der Waals surface area contributed by atoms with E-state index in [1.807, 2.05) is 30.3 Å². The first-order valence-electron chi connectivity index (χ1n) is 8.76. The number of pyridine rings is 1. The molecule has 28 heavy (non-hydrogen) atoms. The van der Waals surface area contributed by atoms with Crippen molar-refractivity contribution in [2.24, 2.45) is 7.05 Å². The smallest absolute Gasteiger partial charge is 0.274 e. The van der Waals surface area contributed by atoms with Crippen LogP contribution >= 0.6 is 24.0 Å². The monoisotopic (exact) mass is 413 g/mol. The predicted octanol–water partition coefficient (Wildman–Crippen LogP) is 3.23. The minimum atomic E-state index is -0.287. The highest BCUT2D eigenvalue weighted by Crippen LogP contribution is 2.31. The molecule has 0 atom stereocenters. The molecule has 3 heterocycles. The maximum Gasteiger partial charge on any atom is 0.274 e. The Balaban J connectivity index is 1.50. The molecule has 3 N–H and O–H groups in total. The minimum Gasteiger partial charge on any atom is -0.488 e. The van der Waals surface area contributed by atoms with Gasteiger partial charge >= 0.3 is 0 Å². The molecule has 4 rings (SSSR count). The lowest BCUT2D eigenvalue weighted by Crippen LogP contribution is -2.50. The first kappa shape index (κ1) is 18.7. The number of hydrogen-bond donors (Lipinski definition) is 3. The number of ether oxygens (including phenoxy) is 1. The zero-order valence-electron chi connectivity index (χ0n) is 15.1. The van der Waals surface area contributed by atoms with E-state index >= 15 is 0 Å². The highest BCUT2D eigenvalue weighted by molar-refractivity contribution is 7.99. The number of aryl methyl sites for hydroxylation is 1. The second-order valence-electron chi connectivity index (χ2n) is 6.36. The number of H-pyrrole nitrogens is 1. The van der Waals surface area contributed by atoms with Crippen LogP contribution in [0.25, 0.3) is 0 Å². The van der Waals surface area contributed by atoms with Crippen molar-refractivity contribution in [2.75, 3.05) is 18.4 Å². The van der Waals surface area contributed by atoms with Crippen molar-refractivity contribution in [1.82, 2.24) is 20.1 Å². The maximum absolute atomic E-state index is 12.7. The zero-order chi connectivity index (χ0) is 19.5. The van der Waals surface area contributed by atoms with Gasteiger partial charge in [-0.05, 0) is 36.4 Å². The first-order chi connectivity index (χ1) is 13.6. The van der Waals surface area contributed by atoms with Crippen LogP contribution in [0.4, 0.5) is 5.82 Å². The Kier molecular flexibility index (Phi) is 5.47. The summed E-state index contributed by atoms with van der Waals surface area (Å²) in [7, 11) is 1.79. The Morgan fingerprint density at radius 3 is 2.68 bits per heavy atom. The summed E-state index contributed by atoms with van der Waals surface area (Å²) >= 11 is 6.68. The molecule has 1 aliphatic heterocycles. The molecule has 2 aromatic heterocycles. The van der Waals surface area contributed by atoms with Crippen molar-refractivity contribution >= 4 is 35.7 Å². The summed E-state index contributed by atoms with van der Waals surface area (Å²) in [5, 5.41) is 10.1. The van der Waals surface area contributed by atoms with Crippen LogP contribution in [-0.2, 0) is 7.05 Å². The molecule has 0 unspecified atom stereocenters. The third kappa shape index (κ3) is 4.44. The molecule has 144 valence electrons. The fraction of sp³-hybridized carbons (Fsp3) is 0.211. The van der Waals surface area contributed by atoms with Gasteiger partial charge in [-0.15, -0.1) is 0 Å². The number of rotatable bonds is 6. The molecule has 1 amide bonds. The fourth-order valence-electron chi connectivity index (χ4n) is 2.63. The molecular weight excluding hydrogens is 394 g/mol. The summed E-state index contributed by atoms with van der Waals surface area (Å²) in [4.78, 5) is 17.5. The van der Waals surface area contributed by atoms with Crippen LogP contribution in [0.3, 0.4) is 0 Å². The molecule has 3 aromatic rings. The molecule has 9 heteroatoms. The third-order valence-electron chi connectivity index (χ3n) is 4.16. The average Bonchev–Trinajstić information content (AvgIpc) is 3.05. The Hall–Kier alpha value is -2.62. The van der Waals surface area contributed by atoms with E-state index in [2.05, 4.69) is 20.7 Å². The summed E-state index contributed by atoms with van der Waals surface area (Å²) in [5.41, 5.74) is 0.407. The second kappa shape index (κ2) is 8.17. The number of nitrogens with zero attached hydrogens (tertiary/aromatic N) is 2. The number of hydrogen-bond acceptors (Lipinski definition) is 6. The second-order valence-corrected chi connectivity index (χ2v) is 7.92. The average molecular weight is 414 g/mol. The molecule has 0 radical (unpaired) electrons. The summed E-state index contributed by atoms with van der Waals surface area (Å²) in [5.74, 6) is 1.04. The lowest BCUT2D eigenvalue weighted by atomic mass is 10.2. The van der Waals surface area contributed by atoms with Crippen LogP contribution in [0.15, 0.2) is 58.5 Å². The van der Waals surface area contributed by atoms with Gasteiger partial charge in [0.15, 0.2) is 5.82 Å². The molecule has 0 aliphatic carbocycles. The number of benzene rings is 1. The van der Waals surface area contributed by atoms with E-state index in [0.29, 0.717) is 16.2 Å². The van der Waals surface area contributed by atoms with E-state index in [1.54, 1.807) is 30.1 Å². The van der Waals surface area contributed by atoms with Gasteiger partial charge in [-0.25, -0.2) is 0 Å². The number of carbonyl (C=O) groups excluding carboxylic acids is 1. The molecule has 1 fully saturated rings. The maximum atomic E-state index is 12.7. The molecule has 0 saturated carbocycles. The Morgan fingerprint density at radius 1 is 1.25 bits per heavy atom. The minimum absolute atomic E-state index is 0.245. The van der Waals surface area contributed by atoms with Crippen LogP contribution < -0.4 is 15.4 Å². The van der Waals surface area contributed by atoms with Gasteiger partial charge < -0.3 is 20.4 Å². The van der Waals surface area contributed by atoms with E-state index in [4.69, 9.17) is 17.0 Å². The molecule has 0 bridgehead atoms. The highest BCUT2D eigenvalue weighted by atomic mass is 32.2. The Bertz CT molecular complexity index is 1040. The SMILES string of the molecule is Cn1ccc(NC(=O)c2[nH]c(=S)ccc2Sc2ccc(OC3CNC3)cc2)n1. The van der Waals surface area contributed by atoms with Crippen molar-refractivity contribution < 1.29 is 9.53 Å². The van der Waals surface area contributed by atoms with E-state index in [9.17, 15) is 4.79 Å². The normalized spacial score (nSPS) is 13.8. The molecule has 7 nitrogen and oxygen atoms in total. The van der Waals surface area contributed by atoms with E-state index in [0.717, 1.165) is 28.6 Å². The van der Waals surface area contributed by atoms with Crippen LogP contribution in [0, 0.1) is 4.64 Å². The lowest BCUT2D eigenvalue weighted by molar-refractivity contribution is 0.101. The van der Waals surface area contributed by atoms with Gasteiger partial charge in [0.05, 0.1) is 0 Å². The number of amides is 1. The summed E-state index contributed by atoms with van der Waals surface area (Å²) in [6.45, 7) is 1.77. The van der Waals surface area contributed by atoms with Crippen LogP contribution in [0.5, 0.6) is 5.75 Å². The van der Waals surface area contributed by atoms with Gasteiger partial charge in [-0.2, -0.15) is 5.10 Å². The zero-order valence-corrected chi connectivity index (χ0v) is 16.8. The lowest BCUT2D eigenvalue weighted by Gasteiger charge is -2.27. The van der Waals surface area contributed by atoms with Crippen molar-refractivity contribution in [3.05, 3.63) is 59.0 Å². The Morgan fingerprint density at radius 2 is 2.04 bits per heavy atom. The van der Waals surface area contributed by atoms with Crippen LogP contribution in [0.1, 0.15) is 10.5 Å².